The maximum absolute atomic E-state index is 15.6. The average molecular weight is 612 g/mol. The number of benzene rings is 1. The second-order valence-corrected chi connectivity index (χ2v) is 11.6. The number of hydrogen-bond acceptors (Lipinski definition) is 7. The van der Waals surface area contributed by atoms with Crippen LogP contribution in [0.25, 0.3) is 16.8 Å². The Balaban J connectivity index is 1.31. The quantitative estimate of drug-likeness (QED) is 0.307. The molecule has 1 aromatic carbocycles. The number of nitrogens with zero attached hydrogens (tertiary/aromatic N) is 5. The van der Waals surface area contributed by atoms with E-state index in [2.05, 4.69) is 15.3 Å². The summed E-state index contributed by atoms with van der Waals surface area (Å²) in [5, 5.41) is 2.27. The minimum Gasteiger partial charge on any atom is -0.382 e. The minimum absolute atomic E-state index is 0.0310. The van der Waals surface area contributed by atoms with Crippen LogP contribution in [0.15, 0.2) is 48.9 Å². The van der Waals surface area contributed by atoms with Gasteiger partial charge in [0.05, 0.1) is 24.2 Å². The summed E-state index contributed by atoms with van der Waals surface area (Å²) in [6, 6.07) is 5.18. The van der Waals surface area contributed by atoms with Gasteiger partial charge in [-0.05, 0) is 57.0 Å². The maximum atomic E-state index is 15.6. The molecular weight excluding hydrogens is 582 g/mol. The van der Waals surface area contributed by atoms with E-state index in [4.69, 9.17) is 15.5 Å². The van der Waals surface area contributed by atoms with Gasteiger partial charge < -0.3 is 20.7 Å². The number of carbonyl (C=O) groups is 2. The van der Waals surface area contributed by atoms with Gasteiger partial charge in [0.1, 0.15) is 34.5 Å². The highest BCUT2D eigenvalue weighted by Crippen LogP contribution is 2.38. The van der Waals surface area contributed by atoms with Gasteiger partial charge in [-0.1, -0.05) is 0 Å². The molecule has 0 bridgehead atoms. The zero-order valence-electron chi connectivity index (χ0n) is 23.9. The third-order valence-corrected chi connectivity index (χ3v) is 8.29. The number of ether oxygens (including phenoxy) is 1. The van der Waals surface area contributed by atoms with Gasteiger partial charge in [0.25, 0.3) is 5.91 Å². The molecule has 0 spiro atoms. The molecule has 6 rings (SSSR count). The largest absolute Gasteiger partial charge is 0.416 e. The van der Waals surface area contributed by atoms with Crippen LogP contribution in [0.2, 0.25) is 0 Å². The number of nitrogen functional groups attached to an aromatic ring is 1. The number of fused-ring (bicyclic) bond motifs is 1. The van der Waals surface area contributed by atoms with Crippen LogP contribution in [0.1, 0.15) is 54.4 Å². The topological polar surface area (TPSA) is 128 Å². The number of carbonyl (C=O) groups excluding carboxylic acids is 2. The Bertz CT molecular complexity index is 1770. The molecule has 2 saturated heterocycles. The Morgan fingerprint density at radius 2 is 1.89 bits per heavy atom. The predicted molar refractivity (Wildman–Crippen MR) is 152 cm³/mol. The normalized spacial score (nSPS) is 19.9. The van der Waals surface area contributed by atoms with Crippen molar-refractivity contribution in [3.8, 4) is 11.3 Å². The van der Waals surface area contributed by atoms with Crippen LogP contribution in [0.4, 0.5) is 29.2 Å². The van der Waals surface area contributed by atoms with Gasteiger partial charge in [-0.2, -0.15) is 13.2 Å². The van der Waals surface area contributed by atoms with Gasteiger partial charge in [0.15, 0.2) is 0 Å². The summed E-state index contributed by atoms with van der Waals surface area (Å²) >= 11 is 0. The third kappa shape index (κ3) is 5.23. The van der Waals surface area contributed by atoms with Crippen molar-refractivity contribution in [1.82, 2.24) is 24.3 Å². The van der Waals surface area contributed by atoms with E-state index in [9.17, 15) is 22.8 Å². The molecule has 2 fully saturated rings. The van der Waals surface area contributed by atoms with E-state index >= 15 is 4.39 Å². The zero-order valence-corrected chi connectivity index (χ0v) is 23.9. The Kier molecular flexibility index (Phi) is 7.26. The second-order valence-electron chi connectivity index (χ2n) is 11.6. The Morgan fingerprint density at radius 1 is 1.11 bits per heavy atom. The fourth-order valence-corrected chi connectivity index (χ4v) is 5.75. The standard InChI is InChI=1S/C30H29F4N7O3/c1-16-3-4-18(13-41(16)28(43)29(2)14-44-15-29)26-39-23(24-25(35)37-9-10-40(24)26)20-6-5-17(11-21(20)31)27(42)38-22-12-19(7-8-36-22)30(32,33)34/h5-12,16,18H,3-4,13-15H2,1-2H3,(H2,35,37)(H,36,38,42)/t16-,18+/m0/s1. The van der Waals surface area contributed by atoms with E-state index < -0.39 is 28.9 Å². The zero-order chi connectivity index (χ0) is 31.4. The lowest BCUT2D eigenvalue weighted by Gasteiger charge is -2.45. The highest BCUT2D eigenvalue weighted by atomic mass is 19.4. The number of aromatic nitrogens is 4. The summed E-state index contributed by atoms with van der Waals surface area (Å²) in [5.74, 6) is -1.39. The predicted octanol–water partition coefficient (Wildman–Crippen LogP) is 4.91. The van der Waals surface area contributed by atoms with E-state index in [-0.39, 0.29) is 46.3 Å². The number of likely N-dealkylation sites (tertiary alicyclic amines) is 1. The monoisotopic (exact) mass is 611 g/mol. The summed E-state index contributed by atoms with van der Waals surface area (Å²) in [7, 11) is 0. The van der Waals surface area contributed by atoms with Crippen molar-refractivity contribution < 1.29 is 31.9 Å². The lowest BCUT2D eigenvalue weighted by Crippen LogP contribution is -2.57. The fourth-order valence-electron chi connectivity index (χ4n) is 5.75. The fraction of sp³-hybridized carbons (Fsp3) is 0.367. The molecule has 0 saturated carbocycles. The number of imidazole rings is 1. The molecule has 2 atom stereocenters. The van der Waals surface area contributed by atoms with Gasteiger partial charge in [0.2, 0.25) is 5.91 Å². The Labute approximate surface area is 249 Å². The molecule has 10 nitrogen and oxygen atoms in total. The maximum Gasteiger partial charge on any atom is 0.416 e. The van der Waals surface area contributed by atoms with Crippen molar-refractivity contribution in [1.29, 1.82) is 0 Å². The molecule has 2 aliphatic rings. The van der Waals surface area contributed by atoms with Crippen LogP contribution in [0.5, 0.6) is 0 Å². The summed E-state index contributed by atoms with van der Waals surface area (Å²) in [6.45, 7) is 5.09. The van der Waals surface area contributed by atoms with Crippen molar-refractivity contribution >= 4 is 29.0 Å². The number of hydrogen-bond donors (Lipinski definition) is 2. The molecule has 14 heteroatoms. The first-order valence-electron chi connectivity index (χ1n) is 14.0. The van der Waals surface area contributed by atoms with E-state index in [1.807, 2.05) is 18.7 Å². The molecule has 0 radical (unpaired) electrons. The number of alkyl halides is 3. The van der Waals surface area contributed by atoms with Crippen LogP contribution in [0.3, 0.4) is 0 Å². The summed E-state index contributed by atoms with van der Waals surface area (Å²) in [6.07, 6.45) is 0.994. The number of rotatable bonds is 5. The molecule has 3 N–H and O–H groups in total. The van der Waals surface area contributed by atoms with Crippen molar-refractivity contribution in [2.24, 2.45) is 5.41 Å². The van der Waals surface area contributed by atoms with Gasteiger partial charge in [-0.15, -0.1) is 0 Å². The Hall–Kier alpha value is -4.59. The molecule has 3 aromatic heterocycles. The number of nitrogens with one attached hydrogen (secondary N) is 1. The van der Waals surface area contributed by atoms with Crippen LogP contribution < -0.4 is 11.1 Å². The van der Waals surface area contributed by atoms with Gasteiger partial charge in [0, 0.05) is 48.2 Å². The summed E-state index contributed by atoms with van der Waals surface area (Å²) < 4.78 is 61.9. The molecule has 4 aromatic rings. The van der Waals surface area contributed by atoms with Gasteiger partial charge >= 0.3 is 6.18 Å². The molecule has 2 aliphatic heterocycles. The molecule has 2 amide bonds. The van der Waals surface area contributed by atoms with Crippen LogP contribution in [-0.4, -0.2) is 61.9 Å². The van der Waals surface area contributed by atoms with Crippen LogP contribution in [0, 0.1) is 11.2 Å². The highest BCUT2D eigenvalue weighted by molar-refractivity contribution is 6.04. The lowest BCUT2D eigenvalue weighted by atomic mass is 9.84. The van der Waals surface area contributed by atoms with Crippen molar-refractivity contribution in [2.75, 3.05) is 30.8 Å². The number of nitrogens with two attached hydrogens (primary N) is 1. The average Bonchev–Trinajstić information content (AvgIpc) is 3.36. The van der Waals surface area contributed by atoms with Gasteiger partial charge in [-0.3, -0.25) is 14.0 Å². The first-order chi connectivity index (χ1) is 20.9. The molecule has 44 heavy (non-hydrogen) atoms. The number of piperidine rings is 1. The van der Waals surface area contributed by atoms with Crippen molar-refractivity contribution in [3.05, 3.63) is 71.7 Å². The highest BCUT2D eigenvalue weighted by Gasteiger charge is 2.46. The molecule has 0 unspecified atom stereocenters. The SMILES string of the molecule is C[C@H]1CC[C@@H](c2nc(-c3ccc(C(=O)Nc4cc(C(F)(F)F)ccn4)cc3F)c3c(N)nccn23)CN1C(=O)C1(C)COC1. The first-order valence-corrected chi connectivity index (χ1v) is 14.0. The van der Waals surface area contributed by atoms with Gasteiger partial charge in [-0.25, -0.2) is 19.3 Å². The van der Waals surface area contributed by atoms with E-state index in [0.717, 1.165) is 31.2 Å². The first kappa shape index (κ1) is 29.5. The lowest BCUT2D eigenvalue weighted by molar-refractivity contribution is -0.172. The van der Waals surface area contributed by atoms with Crippen molar-refractivity contribution in [2.45, 2.75) is 44.8 Å². The number of halogens is 4. The second kappa shape index (κ2) is 10.8. The van der Waals surface area contributed by atoms with E-state index in [1.54, 1.807) is 10.6 Å². The smallest absolute Gasteiger partial charge is 0.382 e. The number of amides is 2. The minimum atomic E-state index is -4.62. The molecule has 230 valence electrons. The third-order valence-electron chi connectivity index (χ3n) is 8.29. The van der Waals surface area contributed by atoms with E-state index in [1.165, 1.54) is 18.3 Å². The molecule has 5 heterocycles. The van der Waals surface area contributed by atoms with Crippen molar-refractivity contribution in [3.63, 3.8) is 0 Å². The number of pyridine rings is 1. The van der Waals surface area contributed by atoms with Crippen LogP contribution >= 0.6 is 0 Å². The Morgan fingerprint density at radius 3 is 2.57 bits per heavy atom. The molecular formula is C30H29F4N7O3. The summed E-state index contributed by atoms with van der Waals surface area (Å²) in [4.78, 5) is 40.8. The molecule has 0 aliphatic carbocycles. The van der Waals surface area contributed by atoms with E-state index in [0.29, 0.717) is 37.2 Å². The number of anilines is 2. The summed E-state index contributed by atoms with van der Waals surface area (Å²) in [5.41, 5.74) is 5.22. The van der Waals surface area contributed by atoms with Crippen LogP contribution in [-0.2, 0) is 15.7 Å².